The van der Waals surface area contributed by atoms with Gasteiger partial charge in [0.15, 0.2) is 5.82 Å². The third-order valence-electron chi connectivity index (χ3n) is 2.04. The van der Waals surface area contributed by atoms with Crippen molar-refractivity contribution in [2.75, 3.05) is 11.1 Å². The maximum atomic E-state index is 6.01. The largest absolute Gasteiger partial charge is 0.382 e. The van der Waals surface area contributed by atoms with E-state index in [1.807, 2.05) is 24.3 Å². The van der Waals surface area contributed by atoms with E-state index in [2.05, 4.69) is 26.2 Å². The SMILES string of the molecule is Nc1nc(Nc2cccc(Br)c2)c(Cl)cc1Cl. The van der Waals surface area contributed by atoms with Gasteiger partial charge < -0.3 is 11.1 Å². The predicted octanol–water partition coefficient (Wildman–Crippen LogP) is 4.48. The fourth-order valence-electron chi connectivity index (χ4n) is 1.27. The molecule has 3 nitrogen and oxygen atoms in total. The molecule has 0 radical (unpaired) electrons. The van der Waals surface area contributed by atoms with Crippen LogP contribution in [0, 0.1) is 0 Å². The van der Waals surface area contributed by atoms with Crippen LogP contribution in [0.25, 0.3) is 0 Å². The molecular formula is C11H8BrCl2N3. The normalized spacial score (nSPS) is 10.3. The number of nitrogen functional groups attached to an aromatic ring is 1. The maximum absolute atomic E-state index is 6.01. The number of nitrogens with one attached hydrogen (secondary N) is 1. The Morgan fingerprint density at radius 2 is 1.94 bits per heavy atom. The summed E-state index contributed by atoms with van der Waals surface area (Å²) < 4.78 is 0.959. The minimum atomic E-state index is 0.244. The number of aromatic nitrogens is 1. The molecule has 2 aromatic rings. The lowest BCUT2D eigenvalue weighted by Gasteiger charge is -2.09. The summed E-state index contributed by atoms with van der Waals surface area (Å²) in [7, 11) is 0. The molecule has 3 N–H and O–H groups in total. The molecule has 88 valence electrons. The van der Waals surface area contributed by atoms with Gasteiger partial charge in [0.25, 0.3) is 0 Å². The van der Waals surface area contributed by atoms with Crippen molar-refractivity contribution in [2.45, 2.75) is 0 Å². The molecule has 1 aromatic heterocycles. The minimum absolute atomic E-state index is 0.244. The Kier molecular flexibility index (Phi) is 3.76. The number of nitrogens with two attached hydrogens (primary N) is 1. The van der Waals surface area contributed by atoms with Gasteiger partial charge >= 0.3 is 0 Å². The first-order chi connectivity index (χ1) is 8.06. The van der Waals surface area contributed by atoms with Crippen molar-refractivity contribution in [3.8, 4) is 0 Å². The van der Waals surface area contributed by atoms with E-state index in [1.54, 1.807) is 6.07 Å². The summed E-state index contributed by atoms with van der Waals surface area (Å²) in [6.45, 7) is 0. The van der Waals surface area contributed by atoms with Gasteiger partial charge in [0.05, 0.1) is 10.0 Å². The fraction of sp³-hybridized carbons (Fsp3) is 0. The fourth-order valence-corrected chi connectivity index (χ4v) is 2.08. The van der Waals surface area contributed by atoms with Crippen molar-refractivity contribution >= 4 is 56.5 Å². The van der Waals surface area contributed by atoms with Gasteiger partial charge in [0.1, 0.15) is 5.82 Å². The van der Waals surface area contributed by atoms with Gasteiger partial charge in [-0.05, 0) is 24.3 Å². The summed E-state index contributed by atoms with van der Waals surface area (Å²) in [4.78, 5) is 4.08. The number of rotatable bonds is 2. The molecule has 0 fully saturated rings. The lowest BCUT2D eigenvalue weighted by Crippen LogP contribution is -1.99. The van der Waals surface area contributed by atoms with Crippen LogP contribution in [0.1, 0.15) is 0 Å². The first-order valence-electron chi connectivity index (χ1n) is 4.70. The van der Waals surface area contributed by atoms with E-state index < -0.39 is 0 Å². The van der Waals surface area contributed by atoms with E-state index in [0.29, 0.717) is 15.9 Å². The highest BCUT2D eigenvalue weighted by Gasteiger charge is 2.07. The monoisotopic (exact) mass is 331 g/mol. The van der Waals surface area contributed by atoms with Crippen LogP contribution in [0.2, 0.25) is 10.0 Å². The molecule has 1 aromatic carbocycles. The van der Waals surface area contributed by atoms with E-state index in [9.17, 15) is 0 Å². The second kappa shape index (κ2) is 5.12. The second-order valence-corrected chi connectivity index (χ2v) is 5.05. The van der Waals surface area contributed by atoms with Gasteiger partial charge in [-0.15, -0.1) is 0 Å². The molecule has 6 heteroatoms. The highest BCUT2D eigenvalue weighted by molar-refractivity contribution is 9.10. The molecule has 0 saturated carbocycles. The highest BCUT2D eigenvalue weighted by Crippen LogP contribution is 2.30. The Labute approximate surface area is 117 Å². The van der Waals surface area contributed by atoms with E-state index in [1.165, 1.54) is 0 Å². The van der Waals surface area contributed by atoms with E-state index in [0.717, 1.165) is 10.2 Å². The number of hydrogen-bond acceptors (Lipinski definition) is 3. The van der Waals surface area contributed by atoms with Crippen LogP contribution >= 0.6 is 39.1 Å². The average molecular weight is 333 g/mol. The first kappa shape index (κ1) is 12.5. The minimum Gasteiger partial charge on any atom is -0.382 e. The number of benzene rings is 1. The molecule has 2 rings (SSSR count). The van der Waals surface area contributed by atoms with Crippen LogP contribution in [-0.4, -0.2) is 4.98 Å². The summed E-state index contributed by atoms with van der Waals surface area (Å²) >= 11 is 15.2. The van der Waals surface area contributed by atoms with Crippen molar-refractivity contribution in [3.63, 3.8) is 0 Å². The zero-order valence-corrected chi connectivity index (χ0v) is 11.6. The lowest BCUT2D eigenvalue weighted by molar-refractivity contribution is 1.31. The smallest absolute Gasteiger partial charge is 0.151 e. The molecule has 0 spiro atoms. The standard InChI is InChI=1S/C11H8BrCl2N3/c12-6-2-1-3-7(4-6)16-11-9(14)5-8(13)10(15)17-11/h1-5H,(H3,15,16,17). The Bertz CT molecular complexity index is 560. The van der Waals surface area contributed by atoms with Gasteiger partial charge in [0, 0.05) is 10.2 Å². The maximum Gasteiger partial charge on any atom is 0.151 e. The zero-order chi connectivity index (χ0) is 12.4. The Hall–Kier alpha value is -0.970. The molecule has 0 aliphatic rings. The molecule has 17 heavy (non-hydrogen) atoms. The highest BCUT2D eigenvalue weighted by atomic mass is 79.9. The summed E-state index contributed by atoms with van der Waals surface area (Å²) in [6, 6.07) is 9.19. The van der Waals surface area contributed by atoms with Crippen molar-refractivity contribution in [3.05, 3.63) is 44.8 Å². The van der Waals surface area contributed by atoms with Gasteiger partial charge in [-0.25, -0.2) is 4.98 Å². The summed E-state index contributed by atoms with van der Waals surface area (Å²) in [5.41, 5.74) is 6.48. The predicted molar refractivity (Wildman–Crippen MR) is 76.1 cm³/mol. The quantitative estimate of drug-likeness (QED) is 0.852. The number of halogens is 3. The molecule has 1 heterocycles. The Balaban J connectivity index is 2.33. The molecule has 0 bridgehead atoms. The lowest BCUT2D eigenvalue weighted by atomic mass is 10.3. The van der Waals surface area contributed by atoms with Crippen LogP contribution in [0.4, 0.5) is 17.3 Å². The Morgan fingerprint density at radius 1 is 1.18 bits per heavy atom. The van der Waals surface area contributed by atoms with Crippen LogP contribution in [-0.2, 0) is 0 Å². The van der Waals surface area contributed by atoms with Crippen LogP contribution in [0.3, 0.4) is 0 Å². The number of pyridine rings is 1. The van der Waals surface area contributed by atoms with Crippen molar-refractivity contribution in [1.82, 2.24) is 4.98 Å². The van der Waals surface area contributed by atoms with Gasteiger partial charge in [-0.3, -0.25) is 0 Å². The van der Waals surface area contributed by atoms with E-state index in [-0.39, 0.29) is 5.82 Å². The van der Waals surface area contributed by atoms with Crippen molar-refractivity contribution in [1.29, 1.82) is 0 Å². The molecule has 0 aliphatic carbocycles. The number of nitrogens with zero attached hydrogens (tertiary/aromatic N) is 1. The van der Waals surface area contributed by atoms with Gasteiger partial charge in [-0.1, -0.05) is 45.2 Å². The second-order valence-electron chi connectivity index (χ2n) is 3.32. The Morgan fingerprint density at radius 3 is 2.65 bits per heavy atom. The third-order valence-corrected chi connectivity index (χ3v) is 3.13. The molecular weight excluding hydrogens is 325 g/mol. The van der Waals surface area contributed by atoms with Crippen molar-refractivity contribution < 1.29 is 0 Å². The van der Waals surface area contributed by atoms with Crippen LogP contribution < -0.4 is 11.1 Å². The van der Waals surface area contributed by atoms with Gasteiger partial charge in [0.2, 0.25) is 0 Å². The van der Waals surface area contributed by atoms with Crippen LogP contribution in [0.5, 0.6) is 0 Å². The van der Waals surface area contributed by atoms with Crippen LogP contribution in [0.15, 0.2) is 34.8 Å². The topological polar surface area (TPSA) is 50.9 Å². The number of hydrogen-bond donors (Lipinski definition) is 2. The first-order valence-corrected chi connectivity index (χ1v) is 6.25. The average Bonchev–Trinajstić information content (AvgIpc) is 2.26. The molecule has 0 amide bonds. The van der Waals surface area contributed by atoms with E-state index >= 15 is 0 Å². The molecule has 0 aliphatic heterocycles. The zero-order valence-electron chi connectivity index (χ0n) is 8.55. The summed E-state index contributed by atoms with van der Waals surface area (Å²) in [5, 5.41) is 3.83. The van der Waals surface area contributed by atoms with Gasteiger partial charge in [-0.2, -0.15) is 0 Å². The molecule has 0 saturated heterocycles. The van der Waals surface area contributed by atoms with E-state index in [4.69, 9.17) is 28.9 Å². The summed E-state index contributed by atoms with van der Waals surface area (Å²) in [6.07, 6.45) is 0. The third kappa shape index (κ3) is 3.03. The molecule has 0 atom stereocenters. The molecule has 0 unspecified atom stereocenters. The van der Waals surface area contributed by atoms with Crippen molar-refractivity contribution in [2.24, 2.45) is 0 Å². The number of anilines is 3. The summed E-state index contributed by atoms with van der Waals surface area (Å²) in [5.74, 6) is 0.722.